The molecule has 2 unspecified atom stereocenters. The molecular weight excluding hydrogens is 252 g/mol. The summed E-state index contributed by atoms with van der Waals surface area (Å²) in [5, 5.41) is 6.39. The number of carbonyl (C=O) groups excluding carboxylic acids is 1. The van der Waals surface area contributed by atoms with Gasteiger partial charge in [-0.05, 0) is 18.8 Å². The topological polar surface area (TPSA) is 50.4 Å². The van der Waals surface area contributed by atoms with Crippen molar-refractivity contribution < 1.29 is 9.53 Å². The second-order valence-electron chi connectivity index (χ2n) is 6.88. The molecule has 0 saturated heterocycles. The van der Waals surface area contributed by atoms with Crippen LogP contribution in [0.4, 0.5) is 0 Å². The molecule has 1 saturated carbocycles. The summed E-state index contributed by atoms with van der Waals surface area (Å²) in [5.41, 5.74) is 0.161. The Morgan fingerprint density at radius 2 is 2.05 bits per heavy atom. The summed E-state index contributed by atoms with van der Waals surface area (Å²) in [5.74, 6) is 0.726. The van der Waals surface area contributed by atoms with Gasteiger partial charge < -0.3 is 15.4 Å². The van der Waals surface area contributed by atoms with Gasteiger partial charge >= 0.3 is 0 Å². The summed E-state index contributed by atoms with van der Waals surface area (Å²) in [6.07, 6.45) is 2.95. The third-order valence-corrected chi connectivity index (χ3v) is 4.12. The van der Waals surface area contributed by atoms with Crippen molar-refractivity contribution in [1.29, 1.82) is 0 Å². The third-order valence-electron chi connectivity index (χ3n) is 4.12. The van der Waals surface area contributed by atoms with Crippen molar-refractivity contribution in [2.24, 2.45) is 11.3 Å². The lowest BCUT2D eigenvalue weighted by Gasteiger charge is -2.52. The Balaban J connectivity index is 2.18. The number of amides is 1. The summed E-state index contributed by atoms with van der Waals surface area (Å²) in [7, 11) is 0. The molecule has 0 radical (unpaired) electrons. The van der Waals surface area contributed by atoms with Crippen LogP contribution >= 0.6 is 0 Å². The Hall–Kier alpha value is -0.610. The second-order valence-corrected chi connectivity index (χ2v) is 6.88. The molecule has 0 aromatic carbocycles. The van der Waals surface area contributed by atoms with Gasteiger partial charge in [-0.2, -0.15) is 0 Å². The molecule has 0 heterocycles. The van der Waals surface area contributed by atoms with Gasteiger partial charge in [-0.15, -0.1) is 0 Å². The van der Waals surface area contributed by atoms with Crippen molar-refractivity contribution in [1.82, 2.24) is 10.6 Å². The molecular formula is C16H32N2O2. The molecule has 20 heavy (non-hydrogen) atoms. The first-order valence-corrected chi connectivity index (χ1v) is 7.99. The SMILES string of the molecule is CCCNC(=O)CCNC1CC(OCC(C)C)C1(C)C. The van der Waals surface area contributed by atoms with Crippen molar-refractivity contribution in [3.05, 3.63) is 0 Å². The molecule has 2 N–H and O–H groups in total. The van der Waals surface area contributed by atoms with Crippen molar-refractivity contribution in [3.63, 3.8) is 0 Å². The Morgan fingerprint density at radius 1 is 1.35 bits per heavy atom. The van der Waals surface area contributed by atoms with Crippen LogP contribution in [0.1, 0.15) is 53.9 Å². The summed E-state index contributed by atoms with van der Waals surface area (Å²) in [4.78, 5) is 11.5. The molecule has 1 fully saturated rings. The van der Waals surface area contributed by atoms with E-state index >= 15 is 0 Å². The minimum absolute atomic E-state index is 0.143. The van der Waals surface area contributed by atoms with Crippen LogP contribution in [0.15, 0.2) is 0 Å². The molecule has 1 aliphatic rings. The zero-order valence-electron chi connectivity index (χ0n) is 13.8. The smallest absolute Gasteiger partial charge is 0.221 e. The van der Waals surface area contributed by atoms with E-state index in [1.165, 1.54) is 0 Å². The molecule has 118 valence electrons. The van der Waals surface area contributed by atoms with E-state index in [-0.39, 0.29) is 11.3 Å². The Kier molecular flexibility index (Phi) is 6.96. The fraction of sp³-hybridized carbons (Fsp3) is 0.938. The van der Waals surface area contributed by atoms with Gasteiger partial charge in [-0.3, -0.25) is 4.79 Å². The number of hydrogen-bond acceptors (Lipinski definition) is 3. The summed E-state index contributed by atoms with van der Waals surface area (Å²) in [6.45, 7) is 13.3. The average molecular weight is 284 g/mol. The molecule has 1 amide bonds. The quantitative estimate of drug-likeness (QED) is 0.683. The average Bonchev–Trinajstić information content (AvgIpc) is 2.38. The maximum absolute atomic E-state index is 11.5. The second kappa shape index (κ2) is 7.99. The first-order valence-electron chi connectivity index (χ1n) is 7.99. The van der Waals surface area contributed by atoms with E-state index in [9.17, 15) is 4.79 Å². The molecule has 2 atom stereocenters. The van der Waals surface area contributed by atoms with E-state index in [0.29, 0.717) is 24.5 Å². The fourth-order valence-electron chi connectivity index (χ4n) is 2.54. The van der Waals surface area contributed by atoms with Crippen LogP contribution in [0.5, 0.6) is 0 Å². The van der Waals surface area contributed by atoms with Gasteiger partial charge in [0.1, 0.15) is 0 Å². The minimum atomic E-state index is 0.143. The molecule has 0 aliphatic heterocycles. The molecule has 0 bridgehead atoms. The summed E-state index contributed by atoms with van der Waals surface area (Å²) in [6, 6.07) is 0.457. The van der Waals surface area contributed by atoms with Gasteiger partial charge in [-0.25, -0.2) is 0 Å². The van der Waals surface area contributed by atoms with Gasteiger partial charge in [0, 0.05) is 37.6 Å². The standard InChI is InChI=1S/C16H32N2O2/c1-6-8-18-15(19)7-9-17-13-10-14(16(13,4)5)20-11-12(2)3/h12-14,17H,6-11H2,1-5H3,(H,18,19). The minimum Gasteiger partial charge on any atom is -0.377 e. The Bertz CT molecular complexity index is 303. The number of nitrogens with one attached hydrogen (secondary N) is 2. The molecule has 4 nitrogen and oxygen atoms in total. The first-order chi connectivity index (χ1) is 9.37. The van der Waals surface area contributed by atoms with Crippen LogP contribution < -0.4 is 10.6 Å². The van der Waals surface area contributed by atoms with E-state index in [1.807, 2.05) is 0 Å². The van der Waals surface area contributed by atoms with Gasteiger partial charge in [0.05, 0.1) is 6.10 Å². The van der Waals surface area contributed by atoms with Crippen molar-refractivity contribution in [2.75, 3.05) is 19.7 Å². The zero-order chi connectivity index (χ0) is 15.2. The van der Waals surface area contributed by atoms with Crippen LogP contribution in [-0.2, 0) is 9.53 Å². The van der Waals surface area contributed by atoms with Crippen LogP contribution in [0.25, 0.3) is 0 Å². The lowest BCUT2D eigenvalue weighted by molar-refractivity contribution is -0.126. The van der Waals surface area contributed by atoms with E-state index in [2.05, 4.69) is 45.3 Å². The monoisotopic (exact) mass is 284 g/mol. The highest BCUT2D eigenvalue weighted by atomic mass is 16.5. The molecule has 0 aromatic rings. The maximum atomic E-state index is 11.5. The first kappa shape index (κ1) is 17.4. The van der Waals surface area contributed by atoms with Crippen LogP contribution in [-0.4, -0.2) is 37.7 Å². The lowest BCUT2D eigenvalue weighted by Crippen LogP contribution is -2.61. The summed E-state index contributed by atoms with van der Waals surface area (Å²) < 4.78 is 5.95. The summed E-state index contributed by atoms with van der Waals surface area (Å²) >= 11 is 0. The number of rotatable bonds is 9. The van der Waals surface area contributed by atoms with E-state index in [1.54, 1.807) is 0 Å². The van der Waals surface area contributed by atoms with Gasteiger partial charge in [0.25, 0.3) is 0 Å². The zero-order valence-corrected chi connectivity index (χ0v) is 13.8. The van der Waals surface area contributed by atoms with Crippen molar-refractivity contribution in [3.8, 4) is 0 Å². The fourth-order valence-corrected chi connectivity index (χ4v) is 2.54. The van der Waals surface area contributed by atoms with E-state index in [0.717, 1.165) is 32.5 Å². The third kappa shape index (κ3) is 5.06. The Labute approximate surface area is 124 Å². The highest BCUT2D eigenvalue weighted by Crippen LogP contribution is 2.42. The normalized spacial score (nSPS) is 24.5. The largest absolute Gasteiger partial charge is 0.377 e. The van der Waals surface area contributed by atoms with Crippen LogP contribution in [0, 0.1) is 11.3 Å². The molecule has 1 rings (SSSR count). The number of ether oxygens (including phenoxy) is 1. The number of carbonyl (C=O) groups is 1. The van der Waals surface area contributed by atoms with Gasteiger partial charge in [0.15, 0.2) is 0 Å². The van der Waals surface area contributed by atoms with E-state index in [4.69, 9.17) is 4.74 Å². The highest BCUT2D eigenvalue weighted by molar-refractivity contribution is 5.75. The van der Waals surface area contributed by atoms with Gasteiger partial charge in [0.2, 0.25) is 5.91 Å². The molecule has 1 aliphatic carbocycles. The number of hydrogen-bond donors (Lipinski definition) is 2. The highest BCUT2D eigenvalue weighted by Gasteiger charge is 2.48. The van der Waals surface area contributed by atoms with Crippen molar-refractivity contribution >= 4 is 5.91 Å². The lowest BCUT2D eigenvalue weighted by atomic mass is 9.64. The van der Waals surface area contributed by atoms with Gasteiger partial charge in [-0.1, -0.05) is 34.6 Å². The Morgan fingerprint density at radius 3 is 2.60 bits per heavy atom. The van der Waals surface area contributed by atoms with Crippen LogP contribution in [0.3, 0.4) is 0 Å². The van der Waals surface area contributed by atoms with Crippen LogP contribution in [0.2, 0.25) is 0 Å². The maximum Gasteiger partial charge on any atom is 0.221 e. The molecule has 0 aromatic heterocycles. The predicted octanol–water partition coefficient (Wildman–Crippen LogP) is 2.33. The predicted molar refractivity (Wildman–Crippen MR) is 82.7 cm³/mol. The molecule has 4 heteroatoms. The van der Waals surface area contributed by atoms with E-state index < -0.39 is 0 Å². The van der Waals surface area contributed by atoms with Crippen molar-refractivity contribution in [2.45, 2.75) is 66.0 Å². The molecule has 0 spiro atoms.